The summed E-state index contributed by atoms with van der Waals surface area (Å²) in [4.78, 5) is 31.4. The number of carbonyl (C=O) groups is 2. The molecule has 0 spiro atoms. The van der Waals surface area contributed by atoms with Gasteiger partial charge in [0.05, 0.1) is 7.11 Å². The third-order valence-corrected chi connectivity index (χ3v) is 7.88. The first-order valence-electron chi connectivity index (χ1n) is 12.6. The first kappa shape index (κ1) is 24.9. The standard InChI is InChI=1S/C29H32N4O3S/c1-21-20-31(16-17-32(21)29(35)30-24-10-12-25(36-2)13-11-24)27(34)26-19-23-14-18-37-28(23)33(26)15-6-9-22-7-4-3-5-8-22/h3-5,7-8,10-14,18-19,21H,6,9,15-17,20H2,1-2H3,(H,30,35)/t21-/m1/s1. The number of piperazine rings is 1. The van der Waals surface area contributed by atoms with Crippen LogP contribution in [0.15, 0.2) is 72.1 Å². The molecule has 3 amide bonds. The maximum Gasteiger partial charge on any atom is 0.322 e. The molecule has 0 unspecified atom stereocenters. The summed E-state index contributed by atoms with van der Waals surface area (Å²) in [5, 5.41) is 6.14. The first-order valence-corrected chi connectivity index (χ1v) is 13.5. The normalized spacial score (nSPS) is 15.7. The molecular formula is C29H32N4O3S. The summed E-state index contributed by atoms with van der Waals surface area (Å²) < 4.78 is 7.36. The Labute approximate surface area is 221 Å². The molecule has 192 valence electrons. The highest BCUT2D eigenvalue weighted by Gasteiger charge is 2.31. The van der Waals surface area contributed by atoms with Crippen LogP contribution in [-0.4, -0.2) is 59.1 Å². The van der Waals surface area contributed by atoms with Gasteiger partial charge in [0.2, 0.25) is 0 Å². The van der Waals surface area contributed by atoms with Crippen molar-refractivity contribution in [2.24, 2.45) is 0 Å². The third-order valence-electron chi connectivity index (χ3n) is 6.93. The van der Waals surface area contributed by atoms with Gasteiger partial charge in [0.1, 0.15) is 16.3 Å². The number of rotatable bonds is 7. The van der Waals surface area contributed by atoms with Gasteiger partial charge in [-0.2, -0.15) is 0 Å². The predicted octanol–water partition coefficient (Wildman–Crippen LogP) is 5.72. The van der Waals surface area contributed by atoms with Gasteiger partial charge in [0.25, 0.3) is 5.91 Å². The molecule has 4 aromatic rings. The Morgan fingerprint density at radius 2 is 1.84 bits per heavy atom. The number of aromatic nitrogens is 1. The smallest absolute Gasteiger partial charge is 0.322 e. The van der Waals surface area contributed by atoms with Crippen LogP contribution in [0.4, 0.5) is 10.5 Å². The average molecular weight is 517 g/mol. The molecule has 1 atom stereocenters. The number of methoxy groups -OCH3 is 1. The molecule has 1 N–H and O–H groups in total. The maximum absolute atomic E-state index is 13.7. The highest BCUT2D eigenvalue weighted by Crippen LogP contribution is 2.27. The SMILES string of the molecule is COc1ccc(NC(=O)N2CCN(C(=O)c3cc4ccsc4n3CCCc3ccccc3)C[C@H]2C)cc1. The van der Waals surface area contributed by atoms with Crippen molar-refractivity contribution in [2.45, 2.75) is 32.4 Å². The number of hydrogen-bond acceptors (Lipinski definition) is 4. The minimum absolute atomic E-state index is 0.0326. The van der Waals surface area contributed by atoms with Crippen LogP contribution >= 0.6 is 11.3 Å². The van der Waals surface area contributed by atoms with E-state index in [9.17, 15) is 9.59 Å². The monoisotopic (exact) mass is 516 g/mol. The fourth-order valence-electron chi connectivity index (χ4n) is 4.94. The molecule has 0 bridgehead atoms. The summed E-state index contributed by atoms with van der Waals surface area (Å²) in [7, 11) is 1.61. The molecule has 0 aliphatic carbocycles. The lowest BCUT2D eigenvalue weighted by Gasteiger charge is -2.39. The van der Waals surface area contributed by atoms with E-state index < -0.39 is 0 Å². The van der Waals surface area contributed by atoms with Crippen molar-refractivity contribution in [3.8, 4) is 5.75 Å². The zero-order chi connectivity index (χ0) is 25.8. The average Bonchev–Trinajstić information content (AvgIpc) is 3.51. The minimum atomic E-state index is -0.158. The van der Waals surface area contributed by atoms with E-state index in [2.05, 4.69) is 45.6 Å². The van der Waals surface area contributed by atoms with Crippen LogP contribution in [0.25, 0.3) is 10.2 Å². The Kier molecular flexibility index (Phi) is 7.46. The summed E-state index contributed by atoms with van der Waals surface area (Å²) >= 11 is 1.68. The summed E-state index contributed by atoms with van der Waals surface area (Å²) in [6.07, 6.45) is 1.93. The van der Waals surface area contributed by atoms with Crippen molar-refractivity contribution < 1.29 is 14.3 Å². The van der Waals surface area contributed by atoms with Gasteiger partial charge in [-0.15, -0.1) is 11.3 Å². The van der Waals surface area contributed by atoms with E-state index in [1.807, 2.05) is 48.2 Å². The number of fused-ring (bicyclic) bond motifs is 1. The second kappa shape index (κ2) is 11.1. The van der Waals surface area contributed by atoms with E-state index in [1.54, 1.807) is 23.3 Å². The number of benzene rings is 2. The van der Waals surface area contributed by atoms with Crippen LogP contribution in [0.1, 0.15) is 29.4 Å². The van der Waals surface area contributed by atoms with E-state index in [1.165, 1.54) is 5.56 Å². The zero-order valence-corrected chi connectivity index (χ0v) is 22.0. The number of ether oxygens (including phenoxy) is 1. The van der Waals surface area contributed by atoms with E-state index in [0.717, 1.165) is 41.0 Å². The Balaban J connectivity index is 1.24. The Bertz CT molecular complexity index is 1360. The molecule has 37 heavy (non-hydrogen) atoms. The van der Waals surface area contributed by atoms with E-state index in [4.69, 9.17) is 4.74 Å². The van der Waals surface area contributed by atoms with Crippen molar-refractivity contribution in [1.82, 2.24) is 14.4 Å². The lowest BCUT2D eigenvalue weighted by molar-refractivity contribution is 0.0582. The number of amides is 3. The number of anilines is 1. The highest BCUT2D eigenvalue weighted by molar-refractivity contribution is 7.16. The molecule has 5 rings (SSSR count). The van der Waals surface area contributed by atoms with Gasteiger partial charge in [-0.3, -0.25) is 4.79 Å². The maximum atomic E-state index is 13.7. The van der Waals surface area contributed by atoms with Crippen molar-refractivity contribution in [3.63, 3.8) is 0 Å². The zero-order valence-electron chi connectivity index (χ0n) is 21.2. The number of nitrogens with one attached hydrogen (secondary N) is 1. The lowest BCUT2D eigenvalue weighted by atomic mass is 10.1. The predicted molar refractivity (Wildman–Crippen MR) is 149 cm³/mol. The fraction of sp³-hybridized carbons (Fsp3) is 0.310. The third kappa shape index (κ3) is 5.49. The molecule has 1 aliphatic heterocycles. The number of nitrogens with zero attached hydrogens (tertiary/aromatic N) is 3. The number of hydrogen-bond donors (Lipinski definition) is 1. The van der Waals surface area contributed by atoms with Crippen LogP contribution in [0.2, 0.25) is 0 Å². The minimum Gasteiger partial charge on any atom is -0.497 e. The second-order valence-corrected chi connectivity index (χ2v) is 10.3. The van der Waals surface area contributed by atoms with Gasteiger partial charge in [-0.25, -0.2) is 4.79 Å². The molecule has 2 aromatic carbocycles. The van der Waals surface area contributed by atoms with Crippen LogP contribution in [0.5, 0.6) is 5.75 Å². The Morgan fingerprint density at radius 1 is 1.05 bits per heavy atom. The van der Waals surface area contributed by atoms with Crippen LogP contribution < -0.4 is 10.1 Å². The van der Waals surface area contributed by atoms with Crippen LogP contribution in [0.3, 0.4) is 0 Å². The second-order valence-electron chi connectivity index (χ2n) is 9.40. The lowest BCUT2D eigenvalue weighted by Crippen LogP contribution is -2.56. The molecule has 0 saturated carbocycles. The molecule has 1 saturated heterocycles. The summed E-state index contributed by atoms with van der Waals surface area (Å²) in [5.41, 5.74) is 2.76. The van der Waals surface area contributed by atoms with Gasteiger partial charge >= 0.3 is 6.03 Å². The molecule has 2 aromatic heterocycles. The molecular weight excluding hydrogens is 484 g/mol. The van der Waals surface area contributed by atoms with Crippen molar-refractivity contribution in [3.05, 3.63) is 83.4 Å². The largest absolute Gasteiger partial charge is 0.497 e. The van der Waals surface area contributed by atoms with Gasteiger partial charge < -0.3 is 24.4 Å². The van der Waals surface area contributed by atoms with Gasteiger partial charge in [-0.1, -0.05) is 30.3 Å². The molecule has 1 aliphatic rings. The van der Waals surface area contributed by atoms with Gasteiger partial charge in [-0.05, 0) is 67.1 Å². The highest BCUT2D eigenvalue weighted by atomic mass is 32.1. The van der Waals surface area contributed by atoms with Crippen LogP contribution in [-0.2, 0) is 13.0 Å². The number of urea groups is 1. The number of aryl methyl sites for hydroxylation is 2. The van der Waals surface area contributed by atoms with Crippen molar-refractivity contribution in [1.29, 1.82) is 0 Å². The summed E-state index contributed by atoms with van der Waals surface area (Å²) in [6, 6.07) is 21.6. The molecule has 7 nitrogen and oxygen atoms in total. The first-order chi connectivity index (χ1) is 18.0. The molecule has 8 heteroatoms. The van der Waals surface area contributed by atoms with Crippen molar-refractivity contribution >= 4 is 39.2 Å². The van der Waals surface area contributed by atoms with Gasteiger partial charge in [0.15, 0.2) is 0 Å². The van der Waals surface area contributed by atoms with E-state index in [0.29, 0.717) is 25.3 Å². The Morgan fingerprint density at radius 3 is 2.57 bits per heavy atom. The number of carbonyl (C=O) groups excluding carboxylic acids is 2. The van der Waals surface area contributed by atoms with Crippen LogP contribution in [0, 0.1) is 0 Å². The number of thiophene rings is 1. The Hall–Kier alpha value is -3.78. The quantitative estimate of drug-likeness (QED) is 0.342. The van der Waals surface area contributed by atoms with Crippen molar-refractivity contribution in [2.75, 3.05) is 32.1 Å². The molecule has 3 heterocycles. The van der Waals surface area contributed by atoms with E-state index in [-0.39, 0.29) is 18.0 Å². The van der Waals surface area contributed by atoms with Gasteiger partial charge in [0, 0.05) is 43.3 Å². The fourth-order valence-corrected chi connectivity index (χ4v) is 5.86. The molecule has 0 radical (unpaired) electrons. The topological polar surface area (TPSA) is 66.8 Å². The summed E-state index contributed by atoms with van der Waals surface area (Å²) in [6.45, 7) is 4.27. The van der Waals surface area contributed by atoms with E-state index >= 15 is 0 Å². The molecule has 1 fully saturated rings. The summed E-state index contributed by atoms with van der Waals surface area (Å²) in [5.74, 6) is 0.772.